The number of fused-ring (bicyclic) bond motifs is 1. The van der Waals surface area contributed by atoms with Crippen molar-refractivity contribution in [3.63, 3.8) is 0 Å². The van der Waals surface area contributed by atoms with Crippen LogP contribution >= 0.6 is 0 Å². The third-order valence-electron chi connectivity index (χ3n) is 4.66. The van der Waals surface area contributed by atoms with E-state index in [1.165, 1.54) is 5.56 Å². The number of hydrogen-bond acceptors (Lipinski definition) is 3. The van der Waals surface area contributed by atoms with E-state index in [9.17, 15) is 9.59 Å². The zero-order valence-corrected chi connectivity index (χ0v) is 14.9. The number of rotatable bonds is 5. The Balaban J connectivity index is 1.61. The third-order valence-corrected chi connectivity index (χ3v) is 4.66. The maximum Gasteiger partial charge on any atom is 0.258 e. The summed E-state index contributed by atoms with van der Waals surface area (Å²) < 4.78 is 5.66. The van der Waals surface area contributed by atoms with Crippen molar-refractivity contribution in [2.75, 3.05) is 6.61 Å². The fraction of sp³-hybridized carbons (Fsp3) is 0.333. The van der Waals surface area contributed by atoms with Crippen LogP contribution in [0.5, 0.6) is 5.75 Å². The zero-order valence-electron chi connectivity index (χ0n) is 14.9. The van der Waals surface area contributed by atoms with Gasteiger partial charge in [0, 0.05) is 13.0 Å². The van der Waals surface area contributed by atoms with Gasteiger partial charge in [-0.05, 0) is 42.5 Å². The van der Waals surface area contributed by atoms with Gasteiger partial charge in [0.1, 0.15) is 5.75 Å². The molecule has 0 spiro atoms. The summed E-state index contributed by atoms with van der Waals surface area (Å²) in [5.41, 5.74) is 5.04. The molecule has 1 atom stereocenters. The van der Waals surface area contributed by atoms with Crippen molar-refractivity contribution in [3.05, 3.63) is 64.2 Å². The van der Waals surface area contributed by atoms with Crippen LogP contribution in [-0.4, -0.2) is 18.3 Å². The highest BCUT2D eigenvalue weighted by atomic mass is 16.5. The number of benzene rings is 2. The highest BCUT2D eigenvalue weighted by Crippen LogP contribution is 2.40. The summed E-state index contributed by atoms with van der Waals surface area (Å²) in [7, 11) is 0. The molecule has 0 aliphatic heterocycles. The van der Waals surface area contributed by atoms with Crippen molar-refractivity contribution in [2.24, 2.45) is 0 Å². The van der Waals surface area contributed by atoms with Crippen LogP contribution < -0.4 is 10.1 Å². The number of hydrogen-bond donors (Lipinski definition) is 1. The van der Waals surface area contributed by atoms with Gasteiger partial charge in [-0.25, -0.2) is 0 Å². The van der Waals surface area contributed by atoms with Gasteiger partial charge < -0.3 is 10.1 Å². The van der Waals surface area contributed by atoms with Crippen molar-refractivity contribution in [1.82, 2.24) is 5.32 Å². The summed E-state index contributed by atoms with van der Waals surface area (Å²) in [5, 5.41) is 2.84. The molecule has 1 amide bonds. The molecule has 0 heterocycles. The topological polar surface area (TPSA) is 55.4 Å². The molecule has 1 N–H and O–H groups in total. The van der Waals surface area contributed by atoms with Gasteiger partial charge in [0.25, 0.3) is 5.91 Å². The first-order valence-corrected chi connectivity index (χ1v) is 8.57. The van der Waals surface area contributed by atoms with E-state index in [4.69, 9.17) is 4.74 Å². The number of aryl methyl sites for hydroxylation is 2. The fourth-order valence-electron chi connectivity index (χ4n) is 3.33. The van der Waals surface area contributed by atoms with Crippen LogP contribution in [-0.2, 0) is 11.3 Å². The summed E-state index contributed by atoms with van der Waals surface area (Å²) in [6.07, 6.45) is 0.510. The van der Waals surface area contributed by atoms with Crippen LogP contribution in [0.25, 0.3) is 0 Å². The molecule has 0 fully saturated rings. The summed E-state index contributed by atoms with van der Waals surface area (Å²) in [4.78, 5) is 24.3. The molecule has 1 aliphatic carbocycles. The average molecular weight is 337 g/mol. The minimum Gasteiger partial charge on any atom is -0.483 e. The van der Waals surface area contributed by atoms with Gasteiger partial charge in [0.2, 0.25) is 0 Å². The molecule has 25 heavy (non-hydrogen) atoms. The molecule has 0 bridgehead atoms. The quantitative estimate of drug-likeness (QED) is 0.905. The lowest BCUT2D eigenvalue weighted by Gasteiger charge is -2.13. The molecular formula is C21H23NO3. The number of Topliss-reactive ketones (excluding diaryl/α,β-unsaturated/α-hetero) is 1. The molecule has 2 aromatic rings. The maximum absolute atomic E-state index is 12.3. The van der Waals surface area contributed by atoms with Crippen molar-refractivity contribution < 1.29 is 14.3 Å². The van der Waals surface area contributed by atoms with Gasteiger partial charge in [0.15, 0.2) is 12.4 Å². The minimum absolute atomic E-state index is 0.0942. The number of ether oxygens (including phenoxy) is 1. The third kappa shape index (κ3) is 3.73. The van der Waals surface area contributed by atoms with E-state index in [1.807, 2.05) is 44.2 Å². The summed E-state index contributed by atoms with van der Waals surface area (Å²) in [6, 6.07) is 11.7. The summed E-state index contributed by atoms with van der Waals surface area (Å²) in [5.74, 6) is 0.622. The predicted octanol–water partition coefficient (Wildman–Crippen LogP) is 3.69. The molecule has 0 saturated carbocycles. The normalized spacial score (nSPS) is 15.8. The first-order valence-electron chi connectivity index (χ1n) is 8.57. The van der Waals surface area contributed by atoms with E-state index in [0.29, 0.717) is 24.3 Å². The number of nitrogens with one attached hydrogen (secondary N) is 1. The molecule has 0 unspecified atom stereocenters. The molecule has 130 valence electrons. The van der Waals surface area contributed by atoms with Crippen LogP contribution in [0, 0.1) is 13.8 Å². The van der Waals surface area contributed by atoms with Gasteiger partial charge in [-0.1, -0.05) is 42.8 Å². The lowest BCUT2D eigenvalue weighted by molar-refractivity contribution is -0.123. The fourth-order valence-corrected chi connectivity index (χ4v) is 3.33. The Kier molecular flexibility index (Phi) is 4.88. The molecule has 0 saturated heterocycles. The first-order chi connectivity index (χ1) is 12.0. The van der Waals surface area contributed by atoms with Crippen molar-refractivity contribution in [2.45, 2.75) is 39.7 Å². The van der Waals surface area contributed by atoms with Crippen LogP contribution in [0.1, 0.15) is 51.9 Å². The molecule has 2 aromatic carbocycles. The molecule has 3 rings (SSSR count). The second kappa shape index (κ2) is 7.09. The SMILES string of the molecule is Cc1ccc(CNC(=O)COc2ccc(C)c3c2C(=O)C[C@H]3C)cc1. The van der Waals surface area contributed by atoms with Crippen LogP contribution in [0.2, 0.25) is 0 Å². The maximum atomic E-state index is 12.3. The van der Waals surface area contributed by atoms with E-state index in [0.717, 1.165) is 16.7 Å². The Morgan fingerprint density at radius 3 is 2.60 bits per heavy atom. The average Bonchev–Trinajstić information content (AvgIpc) is 2.89. The Bertz CT molecular complexity index is 809. The van der Waals surface area contributed by atoms with Crippen molar-refractivity contribution in [1.29, 1.82) is 0 Å². The Labute approximate surface area is 148 Å². The molecule has 0 aromatic heterocycles. The Morgan fingerprint density at radius 1 is 1.16 bits per heavy atom. The predicted molar refractivity (Wildman–Crippen MR) is 97.1 cm³/mol. The van der Waals surface area contributed by atoms with Crippen molar-refractivity contribution in [3.8, 4) is 5.75 Å². The molecular weight excluding hydrogens is 314 g/mol. The minimum atomic E-state index is -0.201. The first kappa shape index (κ1) is 17.2. The zero-order chi connectivity index (χ0) is 18.0. The molecule has 1 aliphatic rings. The highest BCUT2D eigenvalue weighted by Gasteiger charge is 2.31. The van der Waals surface area contributed by atoms with E-state index in [2.05, 4.69) is 12.2 Å². The van der Waals surface area contributed by atoms with E-state index in [-0.39, 0.29) is 24.2 Å². The lowest BCUT2D eigenvalue weighted by Crippen LogP contribution is -2.28. The second-order valence-electron chi connectivity index (χ2n) is 6.75. The van der Waals surface area contributed by atoms with Crippen LogP contribution in [0.15, 0.2) is 36.4 Å². The molecule has 4 heteroatoms. The largest absolute Gasteiger partial charge is 0.483 e. The number of ketones is 1. The van der Waals surface area contributed by atoms with Gasteiger partial charge in [-0.3, -0.25) is 9.59 Å². The van der Waals surface area contributed by atoms with Crippen molar-refractivity contribution >= 4 is 11.7 Å². The monoisotopic (exact) mass is 337 g/mol. The summed E-state index contributed by atoms with van der Waals surface area (Å²) in [6.45, 7) is 6.45. The van der Waals surface area contributed by atoms with E-state index in [1.54, 1.807) is 6.07 Å². The number of amides is 1. The van der Waals surface area contributed by atoms with Gasteiger partial charge >= 0.3 is 0 Å². The highest BCUT2D eigenvalue weighted by molar-refractivity contribution is 6.04. The Hall–Kier alpha value is -2.62. The van der Waals surface area contributed by atoms with Gasteiger partial charge in [-0.2, -0.15) is 0 Å². The standard InChI is InChI=1S/C21H23NO3/c1-13-4-7-16(8-5-13)11-22-19(24)12-25-18-9-6-14(2)20-15(3)10-17(23)21(18)20/h4-9,15H,10-12H2,1-3H3,(H,22,24)/t15-/m1/s1. The molecule has 0 radical (unpaired) electrons. The number of carbonyl (C=O) groups excluding carboxylic acids is 2. The number of carbonyl (C=O) groups is 2. The lowest BCUT2D eigenvalue weighted by atomic mass is 9.97. The smallest absolute Gasteiger partial charge is 0.258 e. The van der Waals surface area contributed by atoms with Gasteiger partial charge in [0.05, 0.1) is 5.56 Å². The van der Waals surface area contributed by atoms with Gasteiger partial charge in [-0.15, -0.1) is 0 Å². The van der Waals surface area contributed by atoms with Crippen LogP contribution in [0.3, 0.4) is 0 Å². The molecule has 4 nitrogen and oxygen atoms in total. The Morgan fingerprint density at radius 2 is 1.88 bits per heavy atom. The van der Waals surface area contributed by atoms with E-state index >= 15 is 0 Å². The van der Waals surface area contributed by atoms with E-state index < -0.39 is 0 Å². The second-order valence-corrected chi connectivity index (χ2v) is 6.75. The van der Waals surface area contributed by atoms with Crippen LogP contribution in [0.4, 0.5) is 0 Å². The summed E-state index contributed by atoms with van der Waals surface area (Å²) >= 11 is 0.